The summed E-state index contributed by atoms with van der Waals surface area (Å²) in [5.74, 6) is 1.12. The molecule has 1 aromatic carbocycles. The van der Waals surface area contributed by atoms with E-state index in [1.54, 1.807) is 13.1 Å². The topological polar surface area (TPSA) is 49.7 Å². The summed E-state index contributed by atoms with van der Waals surface area (Å²) in [5, 5.41) is 9.68. The Labute approximate surface area is 191 Å². The molecule has 0 amide bonds. The number of Topliss-reactive ketones (excluding diaryl/α,β-unsaturated/α-hetero) is 1. The summed E-state index contributed by atoms with van der Waals surface area (Å²) in [7, 11) is 0. The van der Waals surface area contributed by atoms with Gasteiger partial charge in [0.2, 0.25) is 0 Å². The molecule has 3 rings (SSSR count). The van der Waals surface area contributed by atoms with Gasteiger partial charge in [0.1, 0.15) is 0 Å². The summed E-state index contributed by atoms with van der Waals surface area (Å²) < 4.78 is 0. The predicted molar refractivity (Wildman–Crippen MR) is 134 cm³/mol. The van der Waals surface area contributed by atoms with Gasteiger partial charge in [-0.15, -0.1) is 0 Å². The highest BCUT2D eigenvalue weighted by molar-refractivity contribution is 5.95. The number of allylic oxidation sites excluding steroid dienone is 1. The normalized spacial score (nSPS) is 18.4. The van der Waals surface area contributed by atoms with Crippen LogP contribution in [0.15, 0.2) is 35.5 Å². The zero-order chi connectivity index (χ0) is 23.3. The molecule has 0 aliphatic heterocycles. The summed E-state index contributed by atoms with van der Waals surface area (Å²) in [6.45, 7) is 13.5. The van der Waals surface area contributed by atoms with Crippen molar-refractivity contribution < 1.29 is 9.90 Å². The molecule has 2 saturated carbocycles. The first-order chi connectivity index (χ1) is 14.7. The van der Waals surface area contributed by atoms with Crippen molar-refractivity contribution >= 4 is 12.0 Å². The quantitative estimate of drug-likeness (QED) is 0.393. The van der Waals surface area contributed by atoms with Crippen LogP contribution in [0.5, 0.6) is 0 Å². The molecule has 3 heteroatoms. The highest BCUT2D eigenvalue weighted by Crippen LogP contribution is 2.30. The van der Waals surface area contributed by atoms with Crippen molar-refractivity contribution in [3.63, 3.8) is 0 Å². The number of aliphatic hydroxyl groups is 1. The molecule has 174 valence electrons. The second kappa shape index (κ2) is 14.3. The molecule has 2 aliphatic rings. The van der Waals surface area contributed by atoms with Crippen LogP contribution in [-0.2, 0) is 0 Å². The zero-order valence-electron chi connectivity index (χ0n) is 20.7. The van der Waals surface area contributed by atoms with E-state index in [-0.39, 0.29) is 11.4 Å². The largest absolute Gasteiger partial charge is 0.390 e. The van der Waals surface area contributed by atoms with E-state index < -0.39 is 0 Å². The van der Waals surface area contributed by atoms with Gasteiger partial charge in [-0.05, 0) is 63.1 Å². The van der Waals surface area contributed by atoms with Gasteiger partial charge in [0.15, 0.2) is 5.78 Å². The van der Waals surface area contributed by atoms with Gasteiger partial charge in [0, 0.05) is 17.5 Å². The van der Waals surface area contributed by atoms with Crippen molar-refractivity contribution in [2.75, 3.05) is 0 Å². The molecule has 2 fully saturated rings. The summed E-state index contributed by atoms with van der Waals surface area (Å²) in [4.78, 5) is 15.3. The number of rotatable bonds is 4. The van der Waals surface area contributed by atoms with Crippen LogP contribution in [0.1, 0.15) is 120 Å². The minimum absolute atomic E-state index is 0.0847. The number of hydrogen-bond donors (Lipinski definition) is 1. The lowest BCUT2D eigenvalue weighted by Crippen LogP contribution is -2.29. The van der Waals surface area contributed by atoms with E-state index in [0.717, 1.165) is 47.6 Å². The Morgan fingerprint density at radius 1 is 1.13 bits per heavy atom. The number of aryl methyl sites for hydroxylation is 1. The lowest BCUT2D eigenvalue weighted by molar-refractivity contribution is 0.000668. The molecule has 0 radical (unpaired) electrons. The number of nitrogens with zero attached hydrogens (tertiary/aromatic N) is 1. The molecule has 0 aromatic heterocycles. The molecule has 0 saturated heterocycles. The zero-order valence-corrected chi connectivity index (χ0v) is 20.7. The fourth-order valence-corrected chi connectivity index (χ4v) is 4.09. The van der Waals surface area contributed by atoms with Crippen LogP contribution in [0.3, 0.4) is 0 Å². The first-order valence-electron chi connectivity index (χ1n) is 12.2. The molecule has 3 nitrogen and oxygen atoms in total. The van der Waals surface area contributed by atoms with Gasteiger partial charge in [0.05, 0.1) is 5.60 Å². The standard InChI is InChI=1S/C13H15NO.C8H16O.C7H14/c1-9(2)14-8-13-6-5-12(11(4)15)7-10(13)3;1-2-8(9)6-4-3-5-7-8;1-7-5-3-2-4-6-7/h5-8H,1H2,2-4H3;9H,2-7H2,1H3;7H,2-6H2,1H3. The molecule has 0 unspecified atom stereocenters. The summed E-state index contributed by atoms with van der Waals surface area (Å²) >= 11 is 0. The summed E-state index contributed by atoms with van der Waals surface area (Å²) in [6.07, 6.45) is 16.0. The third-order valence-electron chi connectivity index (χ3n) is 6.44. The number of benzene rings is 1. The SMILES string of the molecule is C=C(C)N=Cc1ccc(C(C)=O)cc1C.CC1CCCCC1.CCC1(O)CCCCC1. The number of carbonyl (C=O) groups excluding carboxylic acids is 1. The average molecular weight is 428 g/mol. The Morgan fingerprint density at radius 2 is 1.71 bits per heavy atom. The summed E-state index contributed by atoms with van der Waals surface area (Å²) in [5.41, 5.74) is 3.29. The highest BCUT2D eigenvalue weighted by Gasteiger charge is 2.26. The molecular formula is C28H45NO2. The molecule has 0 spiro atoms. The van der Waals surface area contributed by atoms with E-state index >= 15 is 0 Å². The van der Waals surface area contributed by atoms with Crippen LogP contribution in [-0.4, -0.2) is 22.7 Å². The molecule has 0 heterocycles. The highest BCUT2D eigenvalue weighted by atomic mass is 16.3. The van der Waals surface area contributed by atoms with E-state index in [2.05, 4.69) is 25.4 Å². The molecule has 2 aliphatic carbocycles. The lowest BCUT2D eigenvalue weighted by Gasteiger charge is -2.30. The van der Waals surface area contributed by atoms with E-state index in [0.29, 0.717) is 0 Å². The van der Waals surface area contributed by atoms with Crippen LogP contribution < -0.4 is 0 Å². The number of aliphatic imine (C=N–C) groups is 1. The first-order valence-corrected chi connectivity index (χ1v) is 12.2. The fourth-order valence-electron chi connectivity index (χ4n) is 4.09. The summed E-state index contributed by atoms with van der Waals surface area (Å²) in [6, 6.07) is 5.59. The van der Waals surface area contributed by atoms with Crippen molar-refractivity contribution in [2.24, 2.45) is 10.9 Å². The lowest BCUT2D eigenvalue weighted by atomic mass is 9.83. The Bertz CT molecular complexity index is 708. The van der Waals surface area contributed by atoms with Gasteiger partial charge >= 0.3 is 0 Å². The van der Waals surface area contributed by atoms with Crippen molar-refractivity contribution in [3.05, 3.63) is 47.2 Å². The van der Waals surface area contributed by atoms with E-state index in [1.165, 1.54) is 51.4 Å². The number of hydrogen-bond acceptors (Lipinski definition) is 3. The van der Waals surface area contributed by atoms with Crippen LogP contribution in [0.25, 0.3) is 0 Å². The van der Waals surface area contributed by atoms with Gasteiger partial charge < -0.3 is 5.11 Å². The van der Waals surface area contributed by atoms with Gasteiger partial charge in [0.25, 0.3) is 0 Å². The second-order valence-corrected chi connectivity index (χ2v) is 9.50. The van der Waals surface area contributed by atoms with Crippen molar-refractivity contribution in [1.29, 1.82) is 0 Å². The van der Waals surface area contributed by atoms with Crippen molar-refractivity contribution in [1.82, 2.24) is 0 Å². The molecular weight excluding hydrogens is 382 g/mol. The maximum absolute atomic E-state index is 11.1. The smallest absolute Gasteiger partial charge is 0.159 e. The maximum atomic E-state index is 11.1. The van der Waals surface area contributed by atoms with Gasteiger partial charge in [-0.3, -0.25) is 9.79 Å². The van der Waals surface area contributed by atoms with E-state index in [9.17, 15) is 9.90 Å². The van der Waals surface area contributed by atoms with Crippen LogP contribution in [0.4, 0.5) is 0 Å². The van der Waals surface area contributed by atoms with Gasteiger partial charge in [-0.25, -0.2) is 0 Å². The van der Waals surface area contributed by atoms with Crippen molar-refractivity contribution in [2.45, 2.75) is 111 Å². The van der Waals surface area contributed by atoms with Crippen LogP contribution in [0, 0.1) is 12.8 Å². The second-order valence-electron chi connectivity index (χ2n) is 9.50. The maximum Gasteiger partial charge on any atom is 0.159 e. The third kappa shape index (κ3) is 11.4. The molecule has 1 aromatic rings. The Balaban J connectivity index is 0.000000254. The van der Waals surface area contributed by atoms with E-state index in [1.807, 2.05) is 32.0 Å². The first kappa shape index (κ1) is 27.3. The van der Waals surface area contributed by atoms with Gasteiger partial charge in [-0.1, -0.05) is 83.9 Å². The molecule has 0 bridgehead atoms. The Hall–Kier alpha value is -1.74. The Kier molecular flexibility index (Phi) is 12.6. The number of carbonyl (C=O) groups is 1. The molecule has 31 heavy (non-hydrogen) atoms. The minimum atomic E-state index is -0.280. The van der Waals surface area contributed by atoms with Gasteiger partial charge in [-0.2, -0.15) is 0 Å². The minimum Gasteiger partial charge on any atom is -0.390 e. The Morgan fingerprint density at radius 3 is 2.10 bits per heavy atom. The van der Waals surface area contributed by atoms with Crippen LogP contribution >= 0.6 is 0 Å². The molecule has 0 atom stereocenters. The van der Waals surface area contributed by atoms with Crippen molar-refractivity contribution in [3.8, 4) is 0 Å². The molecule has 1 N–H and O–H groups in total. The predicted octanol–water partition coefficient (Wildman–Crippen LogP) is 7.83. The van der Waals surface area contributed by atoms with Crippen LogP contribution in [0.2, 0.25) is 0 Å². The number of ketones is 1. The monoisotopic (exact) mass is 427 g/mol. The average Bonchev–Trinajstić information content (AvgIpc) is 2.75. The van der Waals surface area contributed by atoms with E-state index in [4.69, 9.17) is 0 Å². The fraction of sp³-hybridized carbons (Fsp3) is 0.643. The third-order valence-corrected chi connectivity index (χ3v) is 6.44.